The van der Waals surface area contributed by atoms with Gasteiger partial charge in [0.05, 0.1) is 11.0 Å². The first-order valence-electron chi connectivity index (χ1n) is 7.51. The summed E-state index contributed by atoms with van der Waals surface area (Å²) in [6, 6.07) is 30.5. The zero-order valence-corrected chi connectivity index (χ0v) is 13.8. The molecule has 0 fully saturated rings. The van der Waals surface area contributed by atoms with E-state index in [0.29, 0.717) is 0 Å². The Morgan fingerprint density at radius 1 is 0.652 bits per heavy atom. The van der Waals surface area contributed by atoms with Crippen LogP contribution in [0.1, 0.15) is 16.7 Å². The molecule has 0 amide bonds. The summed E-state index contributed by atoms with van der Waals surface area (Å²) >= 11 is 0. The molecule has 0 aliphatic carbocycles. The SMILES string of the molecule is CS(=O)NC(c1ccccc1)(c1ccccc1)c1ccccc1. The van der Waals surface area contributed by atoms with Crippen LogP contribution in [0.2, 0.25) is 0 Å². The molecule has 1 N–H and O–H groups in total. The minimum absolute atomic E-state index is 0.649. The summed E-state index contributed by atoms with van der Waals surface area (Å²) in [5.74, 6) is 0. The van der Waals surface area contributed by atoms with E-state index in [-0.39, 0.29) is 0 Å². The van der Waals surface area contributed by atoms with Gasteiger partial charge in [-0.15, -0.1) is 0 Å². The van der Waals surface area contributed by atoms with Crippen molar-refractivity contribution in [2.45, 2.75) is 5.54 Å². The van der Waals surface area contributed by atoms with Crippen LogP contribution in [-0.4, -0.2) is 10.5 Å². The van der Waals surface area contributed by atoms with Crippen LogP contribution in [0.15, 0.2) is 91.0 Å². The van der Waals surface area contributed by atoms with Crippen LogP contribution < -0.4 is 4.72 Å². The predicted octanol–water partition coefficient (Wildman–Crippen LogP) is 3.86. The number of nitrogens with one attached hydrogen (secondary N) is 1. The van der Waals surface area contributed by atoms with E-state index in [9.17, 15) is 4.21 Å². The monoisotopic (exact) mass is 321 g/mol. The van der Waals surface area contributed by atoms with E-state index in [4.69, 9.17) is 0 Å². The van der Waals surface area contributed by atoms with E-state index in [1.54, 1.807) is 6.26 Å². The van der Waals surface area contributed by atoms with Crippen molar-refractivity contribution in [1.82, 2.24) is 4.72 Å². The summed E-state index contributed by atoms with van der Waals surface area (Å²) in [7, 11) is -1.19. The predicted molar refractivity (Wildman–Crippen MR) is 96.4 cm³/mol. The molecule has 0 saturated carbocycles. The van der Waals surface area contributed by atoms with Crippen LogP contribution >= 0.6 is 0 Å². The third kappa shape index (κ3) is 3.11. The zero-order chi connectivity index (χ0) is 16.1. The average molecular weight is 321 g/mol. The maximum Gasteiger partial charge on any atom is 0.106 e. The van der Waals surface area contributed by atoms with E-state index in [1.165, 1.54) is 0 Å². The van der Waals surface area contributed by atoms with Gasteiger partial charge in [-0.3, -0.25) is 0 Å². The summed E-state index contributed by atoms with van der Waals surface area (Å²) in [4.78, 5) is 0. The van der Waals surface area contributed by atoms with Gasteiger partial charge >= 0.3 is 0 Å². The molecule has 3 heteroatoms. The third-order valence-corrected chi connectivity index (χ3v) is 4.51. The first-order valence-corrected chi connectivity index (χ1v) is 9.07. The lowest BCUT2D eigenvalue weighted by Gasteiger charge is -2.35. The zero-order valence-electron chi connectivity index (χ0n) is 13.0. The fourth-order valence-electron chi connectivity index (χ4n) is 2.96. The summed E-state index contributed by atoms with van der Waals surface area (Å²) in [5.41, 5.74) is 2.54. The smallest absolute Gasteiger partial charge is 0.106 e. The van der Waals surface area contributed by atoms with E-state index in [2.05, 4.69) is 41.1 Å². The molecule has 116 valence electrons. The Morgan fingerprint density at radius 3 is 1.22 bits per heavy atom. The molecule has 2 nitrogen and oxygen atoms in total. The minimum atomic E-state index is -1.19. The molecule has 3 aromatic carbocycles. The Labute approximate surface area is 139 Å². The summed E-state index contributed by atoms with van der Waals surface area (Å²) in [5, 5.41) is 0. The molecule has 1 unspecified atom stereocenters. The molecule has 0 spiro atoms. The highest BCUT2D eigenvalue weighted by atomic mass is 32.2. The van der Waals surface area contributed by atoms with Crippen molar-refractivity contribution in [2.75, 3.05) is 6.26 Å². The van der Waals surface area contributed by atoms with Crippen LogP contribution in [0.25, 0.3) is 0 Å². The van der Waals surface area contributed by atoms with Gasteiger partial charge < -0.3 is 0 Å². The Bertz CT molecular complexity index is 676. The molecular formula is C20H19NOS. The molecule has 0 aromatic heterocycles. The van der Waals surface area contributed by atoms with E-state index >= 15 is 0 Å². The standard InChI is InChI=1S/C20H19NOS/c1-23(22)21-20(17-11-5-2-6-12-17,18-13-7-3-8-14-18)19-15-9-4-10-16-19/h2-16,21H,1H3. The average Bonchev–Trinajstić information content (AvgIpc) is 2.62. The van der Waals surface area contributed by atoms with E-state index in [0.717, 1.165) is 16.7 Å². The largest absolute Gasteiger partial charge is 0.243 e. The van der Waals surface area contributed by atoms with Gasteiger partial charge in [-0.2, -0.15) is 0 Å². The van der Waals surface area contributed by atoms with Gasteiger partial charge in [0.2, 0.25) is 0 Å². The first-order chi connectivity index (χ1) is 11.2. The normalized spacial score (nSPS) is 12.7. The number of rotatable bonds is 5. The second kappa shape index (κ2) is 6.90. The second-order valence-corrected chi connectivity index (χ2v) is 6.52. The van der Waals surface area contributed by atoms with E-state index < -0.39 is 16.5 Å². The molecule has 0 bridgehead atoms. The summed E-state index contributed by atoms with van der Waals surface area (Å²) in [6.45, 7) is 0. The lowest BCUT2D eigenvalue weighted by Crippen LogP contribution is -2.45. The minimum Gasteiger partial charge on any atom is -0.243 e. The molecule has 0 aliphatic rings. The fraction of sp³-hybridized carbons (Fsp3) is 0.100. The molecule has 0 radical (unpaired) electrons. The highest BCUT2D eigenvalue weighted by molar-refractivity contribution is 7.82. The topological polar surface area (TPSA) is 29.1 Å². The Hall–Kier alpha value is -2.23. The van der Waals surface area contributed by atoms with Crippen LogP contribution in [0, 0.1) is 0 Å². The van der Waals surface area contributed by atoms with Crippen LogP contribution in [0.4, 0.5) is 0 Å². The Balaban J connectivity index is 2.32. The van der Waals surface area contributed by atoms with E-state index in [1.807, 2.05) is 54.6 Å². The second-order valence-electron chi connectivity index (χ2n) is 5.40. The first kappa shape index (κ1) is 15.7. The third-order valence-electron chi connectivity index (χ3n) is 3.92. The van der Waals surface area contributed by atoms with Gasteiger partial charge in [0.25, 0.3) is 0 Å². The number of hydrogen-bond donors (Lipinski definition) is 1. The summed E-state index contributed by atoms with van der Waals surface area (Å²) < 4.78 is 15.5. The van der Waals surface area contributed by atoms with Crippen molar-refractivity contribution < 1.29 is 4.21 Å². The molecule has 0 heterocycles. The number of benzene rings is 3. The fourth-order valence-corrected chi connectivity index (χ4v) is 3.74. The Kier molecular flexibility index (Phi) is 4.70. The molecular weight excluding hydrogens is 302 g/mol. The molecule has 3 aromatic rings. The van der Waals surface area contributed by atoms with Crippen LogP contribution in [-0.2, 0) is 16.5 Å². The van der Waals surface area contributed by atoms with Crippen LogP contribution in [0.5, 0.6) is 0 Å². The van der Waals surface area contributed by atoms with Gasteiger partial charge in [-0.1, -0.05) is 91.0 Å². The molecule has 0 aliphatic heterocycles. The van der Waals surface area contributed by atoms with Crippen molar-refractivity contribution in [3.8, 4) is 0 Å². The quantitative estimate of drug-likeness (QED) is 0.710. The van der Waals surface area contributed by atoms with Crippen molar-refractivity contribution in [1.29, 1.82) is 0 Å². The maximum absolute atomic E-state index is 12.2. The lowest BCUT2D eigenvalue weighted by molar-refractivity contribution is 0.577. The summed E-state index contributed by atoms with van der Waals surface area (Å²) in [6.07, 6.45) is 1.67. The molecule has 0 saturated heterocycles. The maximum atomic E-state index is 12.2. The molecule has 3 rings (SSSR count). The van der Waals surface area contributed by atoms with Gasteiger partial charge in [0.1, 0.15) is 5.54 Å². The van der Waals surface area contributed by atoms with Crippen LogP contribution in [0.3, 0.4) is 0 Å². The Morgan fingerprint density at radius 2 is 0.957 bits per heavy atom. The van der Waals surface area contributed by atoms with Crippen molar-refractivity contribution in [3.05, 3.63) is 108 Å². The highest BCUT2D eigenvalue weighted by Crippen LogP contribution is 2.36. The number of hydrogen-bond acceptors (Lipinski definition) is 1. The van der Waals surface area contributed by atoms with Gasteiger partial charge in [0.15, 0.2) is 0 Å². The van der Waals surface area contributed by atoms with Gasteiger partial charge in [-0.05, 0) is 16.7 Å². The van der Waals surface area contributed by atoms with Crippen molar-refractivity contribution >= 4 is 11.0 Å². The van der Waals surface area contributed by atoms with Crippen molar-refractivity contribution in [2.24, 2.45) is 0 Å². The molecule has 23 heavy (non-hydrogen) atoms. The highest BCUT2D eigenvalue weighted by Gasteiger charge is 2.36. The van der Waals surface area contributed by atoms with Crippen molar-refractivity contribution in [3.63, 3.8) is 0 Å². The van der Waals surface area contributed by atoms with Gasteiger partial charge in [0, 0.05) is 6.26 Å². The van der Waals surface area contributed by atoms with Gasteiger partial charge in [-0.25, -0.2) is 8.93 Å². The lowest BCUT2D eigenvalue weighted by atomic mass is 9.78. The molecule has 1 atom stereocenters.